The second-order valence-electron chi connectivity index (χ2n) is 8.80. The molecule has 1 N–H and O–H groups in total. The largest absolute Gasteiger partial charge is 0.492 e. The van der Waals surface area contributed by atoms with Gasteiger partial charge >= 0.3 is 0 Å². The summed E-state index contributed by atoms with van der Waals surface area (Å²) in [5.74, 6) is -1.80. The third-order valence-electron chi connectivity index (χ3n) is 6.26. The number of carbonyl (C=O) groups is 2. The van der Waals surface area contributed by atoms with E-state index < -0.39 is 17.5 Å². The molecule has 1 saturated heterocycles. The highest BCUT2D eigenvalue weighted by Gasteiger charge is 2.19. The molecule has 0 atom stereocenters. The number of carbonyl (C=O) groups excluding carboxylic acids is 2. The average Bonchev–Trinajstić information content (AvgIpc) is 3.03. The van der Waals surface area contributed by atoms with Crippen LogP contribution in [0.25, 0.3) is 11.3 Å². The van der Waals surface area contributed by atoms with Gasteiger partial charge in [-0.15, -0.1) is 0 Å². The van der Waals surface area contributed by atoms with Crippen molar-refractivity contribution >= 4 is 29.1 Å². The number of hydrogen-bond acceptors (Lipinski definition) is 5. The molecule has 37 heavy (non-hydrogen) atoms. The summed E-state index contributed by atoms with van der Waals surface area (Å²) < 4.78 is 35.0. The summed E-state index contributed by atoms with van der Waals surface area (Å²) in [5.41, 5.74) is 1.29. The zero-order valence-electron chi connectivity index (χ0n) is 20.6. The van der Waals surface area contributed by atoms with Gasteiger partial charge in [0.1, 0.15) is 24.0 Å². The number of ether oxygens (including phenoxy) is 1. The smallest absolute Gasteiger partial charge is 0.258 e. The Morgan fingerprint density at radius 1 is 1.11 bits per heavy atom. The monoisotopic (exact) mass is 531 g/mol. The van der Waals surface area contributed by atoms with E-state index in [-0.39, 0.29) is 11.5 Å². The second kappa shape index (κ2) is 11.7. The highest BCUT2D eigenvalue weighted by Crippen LogP contribution is 2.36. The van der Waals surface area contributed by atoms with Crippen molar-refractivity contribution in [1.82, 2.24) is 19.6 Å². The Bertz CT molecular complexity index is 1280. The summed E-state index contributed by atoms with van der Waals surface area (Å²) in [6, 6.07) is 7.80. The fourth-order valence-electron chi connectivity index (χ4n) is 4.30. The minimum atomic E-state index is -0.952. The van der Waals surface area contributed by atoms with E-state index in [4.69, 9.17) is 16.3 Å². The highest BCUT2D eigenvalue weighted by atomic mass is 35.5. The van der Waals surface area contributed by atoms with Gasteiger partial charge in [-0.25, -0.2) is 8.78 Å². The Hall–Kier alpha value is -3.50. The van der Waals surface area contributed by atoms with Crippen LogP contribution in [0.2, 0.25) is 5.02 Å². The second-order valence-corrected chi connectivity index (χ2v) is 9.21. The molecular weight excluding hydrogens is 504 g/mol. The van der Waals surface area contributed by atoms with Crippen LogP contribution in [0.3, 0.4) is 0 Å². The molecule has 4 rings (SSSR count). The molecule has 1 aliphatic rings. The number of benzene rings is 2. The van der Waals surface area contributed by atoms with Crippen molar-refractivity contribution in [2.45, 2.75) is 13.3 Å². The fraction of sp³-hybridized carbons (Fsp3) is 0.346. The van der Waals surface area contributed by atoms with Gasteiger partial charge in [0.15, 0.2) is 0 Å². The van der Waals surface area contributed by atoms with E-state index in [0.717, 1.165) is 38.2 Å². The third-order valence-corrected chi connectivity index (χ3v) is 6.54. The molecule has 8 nitrogen and oxygen atoms in total. The quantitative estimate of drug-likeness (QED) is 0.494. The van der Waals surface area contributed by atoms with E-state index in [2.05, 4.69) is 15.3 Å². The van der Waals surface area contributed by atoms with E-state index >= 15 is 0 Å². The van der Waals surface area contributed by atoms with Crippen LogP contribution in [0, 0.1) is 11.6 Å². The predicted molar refractivity (Wildman–Crippen MR) is 137 cm³/mol. The Labute approximate surface area is 218 Å². The zero-order valence-corrected chi connectivity index (χ0v) is 21.4. The topological polar surface area (TPSA) is 79.7 Å². The third kappa shape index (κ3) is 6.44. The van der Waals surface area contributed by atoms with Gasteiger partial charge in [0, 0.05) is 64.0 Å². The molecule has 11 heteroatoms. The Kier molecular flexibility index (Phi) is 8.40. The zero-order chi connectivity index (χ0) is 26.5. The maximum Gasteiger partial charge on any atom is 0.258 e. The number of amides is 2. The maximum absolute atomic E-state index is 14.1. The van der Waals surface area contributed by atoms with Crippen molar-refractivity contribution in [3.63, 3.8) is 0 Å². The van der Waals surface area contributed by atoms with Crippen LogP contribution in [0.5, 0.6) is 5.75 Å². The normalized spacial score (nSPS) is 14.4. The van der Waals surface area contributed by atoms with Crippen molar-refractivity contribution < 1.29 is 23.1 Å². The summed E-state index contributed by atoms with van der Waals surface area (Å²) >= 11 is 6.40. The van der Waals surface area contributed by atoms with Crippen molar-refractivity contribution in [1.29, 1.82) is 0 Å². The molecule has 1 aliphatic heterocycles. The van der Waals surface area contributed by atoms with Crippen LogP contribution < -0.4 is 10.1 Å². The number of aromatic nitrogens is 2. The number of nitrogens with zero attached hydrogens (tertiary/aromatic N) is 4. The van der Waals surface area contributed by atoms with Gasteiger partial charge in [-0.05, 0) is 36.8 Å². The molecule has 2 amide bonds. The SMILES string of the molecule is CC(=O)N1CCCN(CCOc2ccc(NC(=O)c3ccc(F)cc3F)cc2-c2c(Cl)cnn2C)CC1. The number of nitrogens with one attached hydrogen (secondary N) is 1. The minimum absolute atomic E-state index is 0.0881. The Balaban J connectivity index is 1.50. The van der Waals surface area contributed by atoms with Crippen LogP contribution in [-0.4, -0.2) is 70.7 Å². The lowest BCUT2D eigenvalue weighted by atomic mass is 10.1. The van der Waals surface area contributed by atoms with E-state index in [0.29, 0.717) is 53.5 Å². The van der Waals surface area contributed by atoms with Gasteiger partial charge in [0.25, 0.3) is 5.91 Å². The summed E-state index contributed by atoms with van der Waals surface area (Å²) in [4.78, 5) is 28.4. The summed E-state index contributed by atoms with van der Waals surface area (Å²) in [6.07, 6.45) is 2.41. The van der Waals surface area contributed by atoms with Gasteiger partial charge in [0.2, 0.25) is 5.91 Å². The first-order chi connectivity index (χ1) is 17.7. The van der Waals surface area contributed by atoms with Crippen molar-refractivity contribution in [2.24, 2.45) is 7.05 Å². The lowest BCUT2D eigenvalue weighted by molar-refractivity contribution is -0.128. The van der Waals surface area contributed by atoms with Gasteiger partial charge < -0.3 is 15.0 Å². The summed E-state index contributed by atoms with van der Waals surface area (Å²) in [7, 11) is 1.74. The maximum atomic E-state index is 14.1. The van der Waals surface area contributed by atoms with Crippen LogP contribution in [0.1, 0.15) is 23.7 Å². The molecule has 0 bridgehead atoms. The van der Waals surface area contributed by atoms with Crippen molar-refractivity contribution in [2.75, 3.05) is 44.6 Å². The van der Waals surface area contributed by atoms with E-state index in [1.807, 2.05) is 4.90 Å². The molecule has 2 heterocycles. The lowest BCUT2D eigenvalue weighted by Gasteiger charge is -2.21. The molecule has 0 aliphatic carbocycles. The molecule has 0 saturated carbocycles. The summed E-state index contributed by atoms with van der Waals surface area (Å²) in [5, 5.41) is 7.24. The molecule has 2 aromatic carbocycles. The highest BCUT2D eigenvalue weighted by molar-refractivity contribution is 6.33. The Morgan fingerprint density at radius 2 is 1.92 bits per heavy atom. The molecule has 1 aromatic heterocycles. The molecule has 0 unspecified atom stereocenters. The number of anilines is 1. The molecular formula is C26H28ClF2N5O3. The first-order valence-electron chi connectivity index (χ1n) is 11.9. The standard InChI is InChI=1S/C26H28ClF2N5O3/c1-17(35)34-9-3-8-33(10-11-34)12-13-37-24-7-5-19(15-21(24)25-22(27)16-30-32(25)2)31-26(36)20-6-4-18(28)14-23(20)29/h4-7,14-16H,3,8-13H2,1-2H3,(H,31,36). The van der Waals surface area contributed by atoms with Crippen LogP contribution in [-0.2, 0) is 11.8 Å². The molecule has 0 spiro atoms. The van der Waals surface area contributed by atoms with Crippen LogP contribution >= 0.6 is 11.6 Å². The molecule has 1 fully saturated rings. The lowest BCUT2D eigenvalue weighted by Crippen LogP contribution is -2.35. The number of hydrogen-bond donors (Lipinski definition) is 1. The first kappa shape index (κ1) is 26.6. The minimum Gasteiger partial charge on any atom is -0.492 e. The number of rotatable bonds is 7. The fourth-order valence-corrected chi connectivity index (χ4v) is 4.57. The van der Waals surface area contributed by atoms with E-state index in [1.165, 1.54) is 6.20 Å². The van der Waals surface area contributed by atoms with Crippen molar-refractivity contribution in [3.05, 3.63) is 64.8 Å². The predicted octanol–water partition coefficient (Wildman–Crippen LogP) is 4.20. The van der Waals surface area contributed by atoms with Gasteiger partial charge in [-0.1, -0.05) is 11.6 Å². The summed E-state index contributed by atoms with van der Waals surface area (Å²) in [6.45, 7) is 5.75. The van der Waals surface area contributed by atoms with Crippen LogP contribution in [0.15, 0.2) is 42.6 Å². The van der Waals surface area contributed by atoms with Gasteiger partial charge in [-0.2, -0.15) is 5.10 Å². The average molecular weight is 532 g/mol. The van der Waals surface area contributed by atoms with E-state index in [1.54, 1.807) is 36.9 Å². The first-order valence-corrected chi connectivity index (χ1v) is 12.3. The van der Waals surface area contributed by atoms with Gasteiger partial charge in [-0.3, -0.25) is 19.2 Å². The number of aryl methyl sites for hydroxylation is 1. The van der Waals surface area contributed by atoms with E-state index in [9.17, 15) is 18.4 Å². The van der Waals surface area contributed by atoms with Crippen LogP contribution in [0.4, 0.5) is 14.5 Å². The molecule has 196 valence electrons. The van der Waals surface area contributed by atoms with Crippen molar-refractivity contribution in [3.8, 4) is 17.0 Å². The number of halogens is 3. The molecule has 0 radical (unpaired) electrons. The molecule has 3 aromatic rings. The Morgan fingerprint density at radius 3 is 2.62 bits per heavy atom. The van der Waals surface area contributed by atoms with Gasteiger partial charge in [0.05, 0.1) is 22.5 Å².